The van der Waals surface area contributed by atoms with Crippen LogP contribution in [0.4, 0.5) is 8.78 Å². The number of carbonyl (C=O) groups is 2. The van der Waals surface area contributed by atoms with Crippen molar-refractivity contribution in [1.82, 2.24) is 0 Å². The fraction of sp³-hybridized carbons (Fsp3) is 0.778. The van der Waals surface area contributed by atoms with E-state index in [0.717, 1.165) is 0 Å². The van der Waals surface area contributed by atoms with Crippen molar-refractivity contribution in [2.24, 2.45) is 11.3 Å². The lowest BCUT2D eigenvalue weighted by molar-refractivity contribution is -0.140. The van der Waals surface area contributed by atoms with Gasteiger partial charge in [0.1, 0.15) is 5.78 Å². The van der Waals surface area contributed by atoms with Crippen LogP contribution in [0.2, 0.25) is 0 Å². The molecule has 0 spiro atoms. The zero-order valence-corrected chi connectivity index (χ0v) is 7.64. The summed E-state index contributed by atoms with van der Waals surface area (Å²) in [5.74, 6) is -2.61. The molecule has 0 heterocycles. The van der Waals surface area contributed by atoms with Gasteiger partial charge in [-0.1, -0.05) is 13.8 Å². The average Bonchev–Trinajstić information content (AvgIpc) is 2.27. The number of hydrogen-bond donors (Lipinski definition) is 0. The minimum atomic E-state index is -3.01. The highest BCUT2D eigenvalue weighted by Gasteiger charge is 2.45. The van der Waals surface area contributed by atoms with Gasteiger partial charge in [0.2, 0.25) is 5.78 Å². The Balaban J connectivity index is 2.77. The van der Waals surface area contributed by atoms with E-state index >= 15 is 0 Å². The third-order valence-electron chi connectivity index (χ3n) is 2.60. The molecule has 1 fully saturated rings. The normalized spacial score (nSPS) is 26.8. The number of hydrogen-bond acceptors (Lipinski definition) is 2. The summed E-state index contributed by atoms with van der Waals surface area (Å²) in [6.45, 7) is 3.38. The molecule has 0 aromatic carbocycles. The Morgan fingerprint density at radius 3 is 2.38 bits per heavy atom. The minimum Gasteiger partial charge on any atom is -0.298 e. The fourth-order valence-corrected chi connectivity index (χ4v) is 1.65. The van der Waals surface area contributed by atoms with Crippen LogP contribution in [0.15, 0.2) is 0 Å². The van der Waals surface area contributed by atoms with Crippen molar-refractivity contribution >= 4 is 11.6 Å². The lowest BCUT2D eigenvalue weighted by Gasteiger charge is -2.14. The summed E-state index contributed by atoms with van der Waals surface area (Å²) in [6.07, 6.45) is -2.22. The van der Waals surface area contributed by atoms with Gasteiger partial charge in [0.25, 0.3) is 6.43 Å². The monoisotopic (exact) mass is 190 g/mol. The third-order valence-corrected chi connectivity index (χ3v) is 2.60. The smallest absolute Gasteiger partial charge is 0.296 e. The number of halogens is 2. The van der Waals surface area contributed by atoms with E-state index in [0.29, 0.717) is 6.42 Å². The van der Waals surface area contributed by atoms with Crippen molar-refractivity contribution in [2.45, 2.75) is 33.1 Å². The molecule has 1 saturated carbocycles. The molecule has 0 aliphatic heterocycles. The largest absolute Gasteiger partial charge is 0.298 e. The zero-order chi connectivity index (χ0) is 10.2. The molecule has 0 aromatic rings. The summed E-state index contributed by atoms with van der Waals surface area (Å²) >= 11 is 0. The van der Waals surface area contributed by atoms with E-state index in [9.17, 15) is 18.4 Å². The molecule has 0 radical (unpaired) electrons. The predicted molar refractivity (Wildman–Crippen MR) is 42.5 cm³/mol. The Morgan fingerprint density at radius 2 is 2.08 bits per heavy atom. The molecule has 0 aromatic heterocycles. The van der Waals surface area contributed by atoms with Crippen LogP contribution in [0.5, 0.6) is 0 Å². The molecule has 1 aliphatic carbocycles. The SMILES string of the molecule is CC1(C)CCC(C(=O)C(F)F)C1=O. The van der Waals surface area contributed by atoms with Crippen LogP contribution < -0.4 is 0 Å². The molecule has 1 aliphatic rings. The Hall–Kier alpha value is -0.800. The summed E-state index contributed by atoms with van der Waals surface area (Å²) in [5, 5.41) is 0. The van der Waals surface area contributed by atoms with E-state index in [1.165, 1.54) is 0 Å². The van der Waals surface area contributed by atoms with Crippen molar-refractivity contribution in [3.63, 3.8) is 0 Å². The Labute approximate surface area is 75.3 Å². The van der Waals surface area contributed by atoms with Gasteiger partial charge in [-0.05, 0) is 12.8 Å². The van der Waals surface area contributed by atoms with Gasteiger partial charge in [0.05, 0.1) is 5.92 Å². The van der Waals surface area contributed by atoms with Crippen molar-refractivity contribution in [2.75, 3.05) is 0 Å². The Morgan fingerprint density at radius 1 is 1.54 bits per heavy atom. The fourth-order valence-electron chi connectivity index (χ4n) is 1.65. The Kier molecular flexibility index (Phi) is 2.50. The molecule has 1 rings (SSSR count). The van der Waals surface area contributed by atoms with E-state index in [1.54, 1.807) is 13.8 Å². The minimum absolute atomic E-state index is 0.273. The summed E-state index contributed by atoms with van der Waals surface area (Å²) in [7, 11) is 0. The maximum atomic E-state index is 12.0. The second-order valence-corrected chi connectivity index (χ2v) is 4.04. The van der Waals surface area contributed by atoms with Gasteiger partial charge >= 0.3 is 0 Å². The standard InChI is InChI=1S/C9H12F2O2/c1-9(2)4-3-5(7(9)13)6(12)8(10)11/h5,8H,3-4H2,1-2H3. The van der Waals surface area contributed by atoms with E-state index in [-0.39, 0.29) is 12.2 Å². The highest BCUT2D eigenvalue weighted by atomic mass is 19.3. The molecular formula is C9H12F2O2. The topological polar surface area (TPSA) is 34.1 Å². The first-order chi connectivity index (χ1) is 5.86. The van der Waals surface area contributed by atoms with Crippen molar-refractivity contribution in [1.29, 1.82) is 0 Å². The highest BCUT2D eigenvalue weighted by molar-refractivity contribution is 6.07. The molecule has 0 saturated heterocycles. The maximum absolute atomic E-state index is 12.0. The van der Waals surface area contributed by atoms with Crippen molar-refractivity contribution < 1.29 is 18.4 Å². The van der Waals surface area contributed by atoms with Gasteiger partial charge in [-0.3, -0.25) is 9.59 Å². The average molecular weight is 190 g/mol. The number of alkyl halides is 2. The van der Waals surface area contributed by atoms with Crippen LogP contribution in [0.1, 0.15) is 26.7 Å². The van der Waals surface area contributed by atoms with Gasteiger partial charge in [-0.2, -0.15) is 0 Å². The molecule has 0 bridgehead atoms. The van der Waals surface area contributed by atoms with Crippen LogP contribution in [-0.2, 0) is 9.59 Å². The van der Waals surface area contributed by atoms with Crippen molar-refractivity contribution in [3.8, 4) is 0 Å². The van der Waals surface area contributed by atoms with Crippen LogP contribution in [-0.4, -0.2) is 18.0 Å². The van der Waals surface area contributed by atoms with Gasteiger partial charge in [-0.25, -0.2) is 8.78 Å². The lowest BCUT2D eigenvalue weighted by atomic mass is 9.88. The molecule has 0 N–H and O–H groups in total. The molecular weight excluding hydrogens is 178 g/mol. The number of ketones is 2. The van der Waals surface area contributed by atoms with Gasteiger partial charge in [-0.15, -0.1) is 0 Å². The zero-order valence-electron chi connectivity index (χ0n) is 7.64. The molecule has 4 heteroatoms. The molecule has 1 unspecified atom stereocenters. The summed E-state index contributed by atoms with van der Waals surface area (Å²) in [4.78, 5) is 22.3. The quantitative estimate of drug-likeness (QED) is 0.622. The van der Waals surface area contributed by atoms with Gasteiger partial charge in [0, 0.05) is 5.41 Å². The number of rotatable bonds is 2. The molecule has 13 heavy (non-hydrogen) atoms. The third kappa shape index (κ3) is 1.76. The Bertz CT molecular complexity index is 246. The summed E-state index contributed by atoms with van der Waals surface area (Å²) in [6, 6.07) is 0. The van der Waals surface area contributed by atoms with Crippen LogP contribution in [0.25, 0.3) is 0 Å². The molecule has 1 atom stereocenters. The van der Waals surface area contributed by atoms with Gasteiger partial charge in [0.15, 0.2) is 0 Å². The van der Waals surface area contributed by atoms with Gasteiger partial charge < -0.3 is 0 Å². The van der Waals surface area contributed by atoms with E-state index < -0.39 is 23.5 Å². The highest BCUT2D eigenvalue weighted by Crippen LogP contribution is 2.38. The van der Waals surface area contributed by atoms with Crippen molar-refractivity contribution in [3.05, 3.63) is 0 Å². The van der Waals surface area contributed by atoms with E-state index in [4.69, 9.17) is 0 Å². The van der Waals surface area contributed by atoms with Crippen LogP contribution >= 0.6 is 0 Å². The molecule has 2 nitrogen and oxygen atoms in total. The summed E-state index contributed by atoms with van der Waals surface area (Å²) in [5.41, 5.74) is -0.602. The first-order valence-electron chi connectivity index (χ1n) is 4.22. The number of Topliss-reactive ketones (excluding diaryl/α,β-unsaturated/α-hetero) is 2. The summed E-state index contributed by atoms with van der Waals surface area (Å²) < 4.78 is 24.0. The van der Waals surface area contributed by atoms with Crippen LogP contribution in [0, 0.1) is 11.3 Å². The predicted octanol–water partition coefficient (Wildman–Crippen LogP) is 1.83. The number of carbonyl (C=O) groups excluding carboxylic acids is 2. The second-order valence-electron chi connectivity index (χ2n) is 4.04. The molecule has 0 amide bonds. The van der Waals surface area contributed by atoms with E-state index in [2.05, 4.69) is 0 Å². The lowest BCUT2D eigenvalue weighted by Crippen LogP contribution is -2.30. The maximum Gasteiger partial charge on any atom is 0.296 e. The molecule has 74 valence electrons. The van der Waals surface area contributed by atoms with Crippen LogP contribution in [0.3, 0.4) is 0 Å². The second kappa shape index (κ2) is 3.16. The first-order valence-corrected chi connectivity index (χ1v) is 4.22. The first kappa shape index (κ1) is 10.3. The van der Waals surface area contributed by atoms with E-state index in [1.807, 2.05) is 0 Å².